The highest BCUT2D eigenvalue weighted by Gasteiger charge is 2.40. The van der Waals surface area contributed by atoms with E-state index in [2.05, 4.69) is 4.99 Å². The first-order valence-electron chi connectivity index (χ1n) is 6.20. The van der Waals surface area contributed by atoms with Crippen molar-refractivity contribution in [3.63, 3.8) is 0 Å². The molecule has 130 valence electrons. The van der Waals surface area contributed by atoms with Crippen molar-refractivity contribution in [1.29, 1.82) is 0 Å². The summed E-state index contributed by atoms with van der Waals surface area (Å²) in [6.07, 6.45) is -4.71. The number of aliphatic imine (C=N–C) groups is 1. The zero-order valence-corrected chi connectivity index (χ0v) is 13.4. The number of carbonyl (C=O) groups excluding carboxylic acids is 2. The number of rotatable bonds is 3. The van der Waals surface area contributed by atoms with E-state index in [1.54, 1.807) is 5.32 Å². The van der Waals surface area contributed by atoms with Crippen LogP contribution in [0.5, 0.6) is 0 Å². The molecule has 0 fully saturated rings. The second-order valence-electron chi connectivity index (χ2n) is 4.77. The molecule has 1 aliphatic heterocycles. The van der Waals surface area contributed by atoms with E-state index >= 15 is 0 Å². The molecule has 24 heavy (non-hydrogen) atoms. The Balaban J connectivity index is 2.42. The van der Waals surface area contributed by atoms with E-state index in [-0.39, 0.29) is 10.7 Å². The molecule has 1 aliphatic rings. The van der Waals surface area contributed by atoms with Gasteiger partial charge < -0.3 is 0 Å². The molecule has 1 aromatic rings. The van der Waals surface area contributed by atoms with Crippen molar-refractivity contribution in [2.45, 2.75) is 18.3 Å². The molecule has 3 amide bonds. The van der Waals surface area contributed by atoms with Crippen molar-refractivity contribution in [2.24, 2.45) is 4.99 Å². The van der Waals surface area contributed by atoms with Crippen LogP contribution in [0, 0.1) is 0 Å². The molecule has 1 aromatic carbocycles. The predicted octanol–water partition coefficient (Wildman–Crippen LogP) is 2.18. The van der Waals surface area contributed by atoms with Gasteiger partial charge in [0.2, 0.25) is 10.0 Å². The number of anilines is 1. The number of nitrogens with zero attached hydrogens (tertiary/aromatic N) is 1. The lowest BCUT2D eigenvalue weighted by Gasteiger charge is -2.21. The largest absolute Gasteiger partial charge is 0.416 e. The highest BCUT2D eigenvalue weighted by atomic mass is 35.5. The molecule has 1 heterocycles. The smallest absolute Gasteiger partial charge is 0.281 e. The first-order chi connectivity index (χ1) is 10.9. The molecule has 12 heteroatoms. The number of amides is 3. The fourth-order valence-corrected chi connectivity index (χ4v) is 3.62. The van der Waals surface area contributed by atoms with Gasteiger partial charge in [-0.15, -0.1) is 0 Å². The normalized spacial score (nSPS) is 18.9. The molecule has 0 aliphatic carbocycles. The molecule has 1 unspecified atom stereocenters. The Morgan fingerprint density at radius 1 is 1.29 bits per heavy atom. The number of urea groups is 1. The van der Waals surface area contributed by atoms with Crippen LogP contribution in [0.2, 0.25) is 5.02 Å². The second-order valence-corrected chi connectivity index (χ2v) is 6.94. The zero-order valence-electron chi connectivity index (χ0n) is 11.8. The highest BCUT2D eigenvalue weighted by Crippen LogP contribution is 2.34. The Morgan fingerprint density at radius 2 is 1.92 bits per heavy atom. The number of carbonyl (C=O) groups is 2. The lowest BCUT2D eigenvalue weighted by molar-refractivity contribution is -0.137. The number of sulfonamides is 1. The maximum Gasteiger partial charge on any atom is 0.416 e. The molecule has 0 saturated carbocycles. The van der Waals surface area contributed by atoms with Crippen molar-refractivity contribution in [1.82, 2.24) is 5.32 Å². The van der Waals surface area contributed by atoms with Crippen LogP contribution in [-0.4, -0.2) is 31.3 Å². The SMILES string of the molecule is CC1=NC(=O)NC(=O)C1S(=O)(=O)Nc1cc(C(F)(F)F)ccc1Cl. The van der Waals surface area contributed by atoms with Crippen molar-refractivity contribution in [3.05, 3.63) is 28.8 Å². The Labute approximate surface area is 138 Å². The maximum atomic E-state index is 12.7. The van der Waals surface area contributed by atoms with E-state index in [0.29, 0.717) is 12.1 Å². The van der Waals surface area contributed by atoms with E-state index in [1.807, 2.05) is 4.72 Å². The third kappa shape index (κ3) is 3.67. The summed E-state index contributed by atoms with van der Waals surface area (Å²) in [5.74, 6) is -1.16. The fraction of sp³-hybridized carbons (Fsp3) is 0.250. The van der Waals surface area contributed by atoms with Crippen LogP contribution < -0.4 is 10.0 Å². The molecule has 0 radical (unpaired) electrons. The van der Waals surface area contributed by atoms with E-state index in [0.717, 1.165) is 13.0 Å². The van der Waals surface area contributed by atoms with Crippen molar-refractivity contribution < 1.29 is 31.2 Å². The van der Waals surface area contributed by atoms with Crippen molar-refractivity contribution >= 4 is 45.0 Å². The molecule has 0 saturated heterocycles. The van der Waals surface area contributed by atoms with E-state index in [4.69, 9.17) is 11.6 Å². The molecule has 2 rings (SSSR count). The highest BCUT2D eigenvalue weighted by molar-refractivity contribution is 7.94. The third-order valence-corrected chi connectivity index (χ3v) is 4.99. The van der Waals surface area contributed by atoms with Gasteiger partial charge in [0.05, 0.1) is 22.0 Å². The van der Waals surface area contributed by atoms with Gasteiger partial charge in [-0.1, -0.05) is 11.6 Å². The van der Waals surface area contributed by atoms with E-state index < -0.39 is 44.6 Å². The average molecular weight is 384 g/mol. The Morgan fingerprint density at radius 3 is 2.46 bits per heavy atom. The summed E-state index contributed by atoms with van der Waals surface area (Å²) < 4.78 is 64.6. The van der Waals surface area contributed by atoms with Gasteiger partial charge in [-0.25, -0.2) is 18.2 Å². The fourth-order valence-electron chi connectivity index (χ4n) is 1.96. The zero-order chi connectivity index (χ0) is 18.3. The topological polar surface area (TPSA) is 105 Å². The van der Waals surface area contributed by atoms with Crippen molar-refractivity contribution in [2.75, 3.05) is 4.72 Å². The van der Waals surface area contributed by atoms with Crippen LogP contribution in [0.1, 0.15) is 12.5 Å². The molecule has 0 aromatic heterocycles. The van der Waals surface area contributed by atoms with Gasteiger partial charge in [0.25, 0.3) is 5.91 Å². The van der Waals surface area contributed by atoms with Crippen LogP contribution in [0.25, 0.3) is 0 Å². The second kappa shape index (κ2) is 6.06. The number of hydrogen-bond acceptors (Lipinski definition) is 4. The Bertz CT molecular complexity index is 852. The molecule has 0 bridgehead atoms. The quantitative estimate of drug-likeness (QED) is 0.834. The summed E-state index contributed by atoms with van der Waals surface area (Å²) in [5.41, 5.74) is -2.00. The van der Waals surface area contributed by atoms with Crippen LogP contribution >= 0.6 is 11.6 Å². The maximum absolute atomic E-state index is 12.7. The monoisotopic (exact) mass is 383 g/mol. The number of halogens is 4. The number of alkyl halides is 3. The summed E-state index contributed by atoms with van der Waals surface area (Å²) in [4.78, 5) is 26.1. The van der Waals surface area contributed by atoms with Gasteiger partial charge in [0, 0.05) is 0 Å². The summed E-state index contributed by atoms with van der Waals surface area (Å²) in [7, 11) is -4.54. The molecule has 1 atom stereocenters. The average Bonchev–Trinajstić information content (AvgIpc) is 2.37. The summed E-state index contributed by atoms with van der Waals surface area (Å²) in [6, 6.07) is 1.02. The molecule has 2 N–H and O–H groups in total. The standard InChI is InChI=1S/C12H9ClF3N3O4S/c1-5-9(10(20)18-11(21)17-5)24(22,23)19-8-4-6(12(14,15)16)2-3-7(8)13/h2-4,9,19H,1H3,(H,18,20,21). The van der Waals surface area contributed by atoms with Gasteiger partial charge in [0.15, 0.2) is 5.25 Å². The number of nitrogens with one attached hydrogen (secondary N) is 2. The van der Waals surface area contributed by atoms with Gasteiger partial charge >= 0.3 is 12.2 Å². The van der Waals surface area contributed by atoms with Crippen LogP contribution in [0.15, 0.2) is 23.2 Å². The minimum absolute atomic E-state index is 0.298. The lowest BCUT2D eigenvalue weighted by atomic mass is 10.2. The predicted molar refractivity (Wildman–Crippen MR) is 79.4 cm³/mol. The van der Waals surface area contributed by atoms with Gasteiger partial charge in [0.1, 0.15) is 0 Å². The van der Waals surface area contributed by atoms with E-state index in [1.165, 1.54) is 0 Å². The number of hydrogen-bond donors (Lipinski definition) is 2. The van der Waals surface area contributed by atoms with Crippen LogP contribution in [0.4, 0.5) is 23.7 Å². The lowest BCUT2D eigenvalue weighted by Crippen LogP contribution is -2.51. The van der Waals surface area contributed by atoms with Crippen LogP contribution in [-0.2, 0) is 21.0 Å². The van der Waals surface area contributed by atoms with Crippen LogP contribution in [0.3, 0.4) is 0 Å². The van der Waals surface area contributed by atoms with Crippen molar-refractivity contribution in [3.8, 4) is 0 Å². The number of benzene rings is 1. The molecule has 7 nitrogen and oxygen atoms in total. The third-order valence-electron chi connectivity index (χ3n) is 2.98. The number of imide groups is 1. The molecule has 0 spiro atoms. The van der Waals surface area contributed by atoms with Gasteiger partial charge in [-0.2, -0.15) is 13.2 Å². The van der Waals surface area contributed by atoms with E-state index in [9.17, 15) is 31.2 Å². The summed E-state index contributed by atoms with van der Waals surface area (Å²) >= 11 is 5.71. The minimum Gasteiger partial charge on any atom is -0.281 e. The summed E-state index contributed by atoms with van der Waals surface area (Å²) in [5, 5.41) is -0.468. The molecular formula is C12H9ClF3N3O4S. The Hall–Kier alpha value is -2.14. The Kier molecular flexibility index (Phi) is 4.59. The first kappa shape index (κ1) is 18.2. The molecular weight excluding hydrogens is 375 g/mol. The van der Waals surface area contributed by atoms with Gasteiger partial charge in [-0.3, -0.25) is 14.8 Å². The van der Waals surface area contributed by atoms with Gasteiger partial charge in [-0.05, 0) is 25.1 Å². The minimum atomic E-state index is -4.71. The first-order valence-corrected chi connectivity index (χ1v) is 8.12. The summed E-state index contributed by atoms with van der Waals surface area (Å²) in [6.45, 7) is 1.13.